The van der Waals surface area contributed by atoms with Gasteiger partial charge in [0.2, 0.25) is 5.91 Å². The second-order valence-corrected chi connectivity index (χ2v) is 4.39. The Kier molecular flexibility index (Phi) is 7.02. The second-order valence-electron chi connectivity index (χ2n) is 4.39. The van der Waals surface area contributed by atoms with Crippen LogP contribution in [0.1, 0.15) is 43.1 Å². The largest absolute Gasteiger partial charge is 0.370 e. The first-order chi connectivity index (χ1) is 9.63. The molecule has 0 fully saturated rings. The van der Waals surface area contributed by atoms with Crippen LogP contribution in [0.5, 0.6) is 0 Å². The van der Waals surface area contributed by atoms with E-state index in [-0.39, 0.29) is 17.5 Å². The number of hydrogen-bond acceptors (Lipinski definition) is 5. The quantitative estimate of drug-likeness (QED) is 0.576. The number of aromatic nitrogens is 2. The predicted octanol–water partition coefficient (Wildman–Crippen LogP) is 0.684. The summed E-state index contributed by atoms with van der Waals surface area (Å²) in [5.74, 6) is 0.0702. The molecule has 1 rings (SSSR count). The molecule has 0 saturated carbocycles. The Bertz CT molecular complexity index is 433. The molecule has 1 heterocycles. The van der Waals surface area contributed by atoms with E-state index in [0.717, 1.165) is 13.0 Å². The molecule has 0 aliphatic heterocycles. The van der Waals surface area contributed by atoms with Crippen LogP contribution in [0.15, 0.2) is 12.4 Å². The standard InChI is InChI=1S/C13H21N5O2/c1-2-6-15-12-9-17-10(8-18-12)13(20)16-7-4-3-5-11(14)19/h8-9H,2-7H2,1H3,(H2,14,19)(H,15,18)(H,16,20). The van der Waals surface area contributed by atoms with Crippen molar-refractivity contribution < 1.29 is 9.59 Å². The zero-order valence-electron chi connectivity index (χ0n) is 11.7. The fourth-order valence-electron chi connectivity index (χ4n) is 1.51. The van der Waals surface area contributed by atoms with Gasteiger partial charge in [0, 0.05) is 19.5 Å². The SMILES string of the molecule is CCCNc1cnc(C(=O)NCCCCC(N)=O)cn1. The first-order valence-corrected chi connectivity index (χ1v) is 6.76. The number of hydrogen-bond donors (Lipinski definition) is 3. The van der Waals surface area contributed by atoms with Gasteiger partial charge >= 0.3 is 0 Å². The van der Waals surface area contributed by atoms with Gasteiger partial charge in [0.15, 0.2) is 0 Å². The summed E-state index contributed by atoms with van der Waals surface area (Å²) >= 11 is 0. The molecule has 1 aromatic heterocycles. The fraction of sp³-hybridized carbons (Fsp3) is 0.538. The molecule has 7 heteroatoms. The molecule has 0 aliphatic carbocycles. The summed E-state index contributed by atoms with van der Waals surface area (Å²) in [6, 6.07) is 0. The highest BCUT2D eigenvalue weighted by Crippen LogP contribution is 2.01. The summed E-state index contributed by atoms with van der Waals surface area (Å²) in [7, 11) is 0. The molecule has 7 nitrogen and oxygen atoms in total. The van der Waals surface area contributed by atoms with Gasteiger partial charge in [0.05, 0.1) is 12.4 Å². The Labute approximate surface area is 118 Å². The maximum Gasteiger partial charge on any atom is 0.271 e. The number of amides is 2. The van der Waals surface area contributed by atoms with E-state index >= 15 is 0 Å². The van der Waals surface area contributed by atoms with E-state index in [1.54, 1.807) is 0 Å². The molecule has 110 valence electrons. The summed E-state index contributed by atoms with van der Waals surface area (Å²) < 4.78 is 0. The maximum atomic E-state index is 11.7. The molecule has 0 saturated heterocycles. The average molecular weight is 279 g/mol. The molecule has 0 radical (unpaired) electrons. The molecule has 4 N–H and O–H groups in total. The third kappa shape index (κ3) is 6.12. The lowest BCUT2D eigenvalue weighted by Crippen LogP contribution is -2.25. The van der Waals surface area contributed by atoms with Crippen LogP contribution in [-0.2, 0) is 4.79 Å². The van der Waals surface area contributed by atoms with Gasteiger partial charge in [-0.25, -0.2) is 9.97 Å². The van der Waals surface area contributed by atoms with Crippen LogP contribution in [0.4, 0.5) is 5.82 Å². The van der Waals surface area contributed by atoms with E-state index in [4.69, 9.17) is 5.73 Å². The predicted molar refractivity (Wildman–Crippen MR) is 76.2 cm³/mol. The summed E-state index contributed by atoms with van der Waals surface area (Å²) in [6.07, 6.45) is 5.69. The summed E-state index contributed by atoms with van der Waals surface area (Å²) in [6.45, 7) is 3.37. The van der Waals surface area contributed by atoms with Gasteiger partial charge in [-0.05, 0) is 19.3 Å². The molecule has 0 aromatic carbocycles. The average Bonchev–Trinajstić information content (AvgIpc) is 2.44. The van der Waals surface area contributed by atoms with Crippen LogP contribution in [-0.4, -0.2) is 34.9 Å². The van der Waals surface area contributed by atoms with Gasteiger partial charge in [0.25, 0.3) is 5.91 Å². The van der Waals surface area contributed by atoms with E-state index in [0.29, 0.717) is 31.6 Å². The van der Waals surface area contributed by atoms with Gasteiger partial charge < -0.3 is 16.4 Å². The Morgan fingerprint density at radius 1 is 1.20 bits per heavy atom. The molecular weight excluding hydrogens is 258 g/mol. The van der Waals surface area contributed by atoms with E-state index < -0.39 is 0 Å². The normalized spacial score (nSPS) is 10.1. The molecule has 0 atom stereocenters. The van der Waals surface area contributed by atoms with Crippen LogP contribution in [0.3, 0.4) is 0 Å². The van der Waals surface area contributed by atoms with Crippen LogP contribution in [0, 0.1) is 0 Å². The van der Waals surface area contributed by atoms with Gasteiger partial charge in [-0.1, -0.05) is 6.92 Å². The first kappa shape index (κ1) is 15.9. The Balaban J connectivity index is 2.30. The van der Waals surface area contributed by atoms with E-state index in [9.17, 15) is 9.59 Å². The van der Waals surface area contributed by atoms with Crippen molar-refractivity contribution in [3.8, 4) is 0 Å². The molecule has 0 bridgehead atoms. The van der Waals surface area contributed by atoms with E-state index in [1.165, 1.54) is 12.4 Å². The monoisotopic (exact) mass is 279 g/mol. The highest BCUT2D eigenvalue weighted by Gasteiger charge is 2.07. The molecule has 1 aromatic rings. The third-order valence-corrected chi connectivity index (χ3v) is 2.58. The highest BCUT2D eigenvalue weighted by molar-refractivity contribution is 5.91. The Morgan fingerprint density at radius 3 is 2.60 bits per heavy atom. The van der Waals surface area contributed by atoms with Gasteiger partial charge in [0.1, 0.15) is 11.5 Å². The highest BCUT2D eigenvalue weighted by atomic mass is 16.2. The van der Waals surface area contributed by atoms with E-state index in [2.05, 4.69) is 27.5 Å². The number of nitrogens with zero attached hydrogens (tertiary/aromatic N) is 2. The molecule has 2 amide bonds. The van der Waals surface area contributed by atoms with Crippen LogP contribution in [0.25, 0.3) is 0 Å². The smallest absolute Gasteiger partial charge is 0.271 e. The zero-order chi connectivity index (χ0) is 14.8. The number of primary amides is 1. The number of nitrogens with one attached hydrogen (secondary N) is 2. The van der Waals surface area contributed by atoms with Crippen LogP contribution >= 0.6 is 0 Å². The van der Waals surface area contributed by atoms with Crippen molar-refractivity contribution in [1.82, 2.24) is 15.3 Å². The number of unbranched alkanes of at least 4 members (excludes halogenated alkanes) is 1. The van der Waals surface area contributed by atoms with Crippen molar-refractivity contribution in [2.45, 2.75) is 32.6 Å². The third-order valence-electron chi connectivity index (χ3n) is 2.58. The lowest BCUT2D eigenvalue weighted by atomic mass is 10.2. The number of carbonyl (C=O) groups is 2. The maximum absolute atomic E-state index is 11.7. The Hall–Kier alpha value is -2.18. The fourth-order valence-corrected chi connectivity index (χ4v) is 1.51. The molecule has 20 heavy (non-hydrogen) atoms. The van der Waals surface area contributed by atoms with Crippen LogP contribution < -0.4 is 16.4 Å². The van der Waals surface area contributed by atoms with Crippen molar-refractivity contribution in [3.05, 3.63) is 18.1 Å². The van der Waals surface area contributed by atoms with Gasteiger partial charge in [-0.15, -0.1) is 0 Å². The number of anilines is 1. The summed E-state index contributed by atoms with van der Waals surface area (Å²) in [4.78, 5) is 30.4. The van der Waals surface area contributed by atoms with Crippen molar-refractivity contribution in [2.75, 3.05) is 18.4 Å². The summed E-state index contributed by atoms with van der Waals surface area (Å²) in [5.41, 5.74) is 5.30. The first-order valence-electron chi connectivity index (χ1n) is 6.76. The summed E-state index contributed by atoms with van der Waals surface area (Å²) in [5, 5.41) is 5.80. The molecular formula is C13H21N5O2. The number of nitrogens with two attached hydrogens (primary N) is 1. The topological polar surface area (TPSA) is 110 Å². The number of rotatable bonds is 9. The van der Waals surface area contributed by atoms with Crippen LogP contribution in [0.2, 0.25) is 0 Å². The minimum absolute atomic E-state index is 0.265. The number of carbonyl (C=O) groups excluding carboxylic acids is 2. The van der Waals surface area contributed by atoms with Crippen molar-refractivity contribution in [3.63, 3.8) is 0 Å². The van der Waals surface area contributed by atoms with E-state index in [1.807, 2.05) is 0 Å². The Morgan fingerprint density at radius 2 is 2.00 bits per heavy atom. The lowest BCUT2D eigenvalue weighted by molar-refractivity contribution is -0.118. The van der Waals surface area contributed by atoms with Gasteiger partial charge in [-0.3, -0.25) is 9.59 Å². The van der Waals surface area contributed by atoms with Crippen molar-refractivity contribution >= 4 is 17.6 Å². The second kappa shape index (κ2) is 8.84. The van der Waals surface area contributed by atoms with Crippen molar-refractivity contribution in [1.29, 1.82) is 0 Å². The zero-order valence-corrected chi connectivity index (χ0v) is 11.7. The minimum Gasteiger partial charge on any atom is -0.370 e. The minimum atomic E-state index is -0.322. The molecule has 0 unspecified atom stereocenters. The lowest BCUT2D eigenvalue weighted by Gasteiger charge is -2.05. The molecule has 0 spiro atoms. The van der Waals surface area contributed by atoms with Gasteiger partial charge in [-0.2, -0.15) is 0 Å². The van der Waals surface area contributed by atoms with Crippen molar-refractivity contribution in [2.24, 2.45) is 5.73 Å². The molecule has 0 aliphatic rings.